The predicted molar refractivity (Wildman–Crippen MR) is 80.6 cm³/mol. The van der Waals surface area contributed by atoms with Crippen LogP contribution in [-0.2, 0) is 4.74 Å². The summed E-state index contributed by atoms with van der Waals surface area (Å²) in [6, 6.07) is 0.240. The molecular formula is C16H29NO3. The van der Waals surface area contributed by atoms with Crippen molar-refractivity contribution in [2.24, 2.45) is 5.92 Å². The van der Waals surface area contributed by atoms with Crippen molar-refractivity contribution in [2.45, 2.75) is 71.4 Å². The van der Waals surface area contributed by atoms with E-state index in [0.717, 1.165) is 37.7 Å². The van der Waals surface area contributed by atoms with Gasteiger partial charge >= 0.3 is 6.09 Å². The maximum absolute atomic E-state index is 11.7. The van der Waals surface area contributed by atoms with Crippen LogP contribution in [0.2, 0.25) is 0 Å². The summed E-state index contributed by atoms with van der Waals surface area (Å²) in [7, 11) is 0. The van der Waals surface area contributed by atoms with Crippen LogP contribution < -0.4 is 5.32 Å². The zero-order chi connectivity index (χ0) is 15.2. The second-order valence-corrected chi connectivity index (χ2v) is 6.81. The summed E-state index contributed by atoms with van der Waals surface area (Å²) in [5.41, 5.74) is 0.604. The maximum atomic E-state index is 11.7. The Labute approximate surface area is 122 Å². The van der Waals surface area contributed by atoms with Gasteiger partial charge in [-0.1, -0.05) is 11.6 Å². The van der Waals surface area contributed by atoms with Gasteiger partial charge < -0.3 is 15.2 Å². The lowest BCUT2D eigenvalue weighted by Gasteiger charge is -2.29. The molecule has 0 heterocycles. The third-order valence-corrected chi connectivity index (χ3v) is 3.62. The van der Waals surface area contributed by atoms with Crippen LogP contribution in [0.25, 0.3) is 0 Å². The SMILES string of the molecule is C/C(=C\C[C@H]1CC[C@H](NC(=O)OC(C)(C)C)CC1)CO. The maximum Gasteiger partial charge on any atom is 0.407 e. The highest BCUT2D eigenvalue weighted by molar-refractivity contribution is 5.68. The highest BCUT2D eigenvalue weighted by atomic mass is 16.6. The van der Waals surface area contributed by atoms with Crippen molar-refractivity contribution < 1.29 is 14.6 Å². The second-order valence-electron chi connectivity index (χ2n) is 6.81. The van der Waals surface area contributed by atoms with E-state index in [1.807, 2.05) is 27.7 Å². The number of allylic oxidation sites excluding steroid dienone is 1. The topological polar surface area (TPSA) is 58.6 Å². The van der Waals surface area contributed by atoms with Crippen LogP contribution >= 0.6 is 0 Å². The van der Waals surface area contributed by atoms with E-state index < -0.39 is 5.60 Å². The number of nitrogens with one attached hydrogen (secondary N) is 1. The third kappa shape index (κ3) is 6.94. The number of alkyl carbamates (subject to hydrolysis) is 1. The van der Waals surface area contributed by atoms with Crippen LogP contribution in [-0.4, -0.2) is 29.4 Å². The fourth-order valence-corrected chi connectivity index (χ4v) is 2.45. The summed E-state index contributed by atoms with van der Waals surface area (Å²) in [5.74, 6) is 0.674. The minimum atomic E-state index is -0.437. The van der Waals surface area contributed by atoms with E-state index in [2.05, 4.69) is 11.4 Å². The van der Waals surface area contributed by atoms with Gasteiger partial charge in [-0.3, -0.25) is 0 Å². The van der Waals surface area contributed by atoms with E-state index in [4.69, 9.17) is 9.84 Å². The van der Waals surface area contributed by atoms with Gasteiger partial charge in [0.1, 0.15) is 5.60 Å². The molecule has 0 aromatic carbocycles. The molecule has 1 aliphatic rings. The molecule has 0 radical (unpaired) electrons. The van der Waals surface area contributed by atoms with E-state index in [9.17, 15) is 4.79 Å². The van der Waals surface area contributed by atoms with Crippen molar-refractivity contribution in [1.29, 1.82) is 0 Å². The first-order valence-electron chi connectivity index (χ1n) is 7.56. The number of ether oxygens (including phenoxy) is 1. The van der Waals surface area contributed by atoms with E-state index in [-0.39, 0.29) is 18.7 Å². The standard InChI is InChI=1S/C16H29NO3/c1-12(11-18)5-6-13-7-9-14(10-8-13)17-15(19)20-16(2,3)4/h5,13-14,18H,6-11H2,1-4H3,(H,17,19)/b12-5+/t13-,14-. The molecule has 0 spiro atoms. The Bertz CT molecular complexity index is 336. The number of amides is 1. The molecule has 0 unspecified atom stereocenters. The quantitative estimate of drug-likeness (QED) is 0.777. The monoisotopic (exact) mass is 283 g/mol. The molecule has 0 atom stereocenters. The minimum Gasteiger partial charge on any atom is -0.444 e. The highest BCUT2D eigenvalue weighted by Crippen LogP contribution is 2.27. The van der Waals surface area contributed by atoms with Crippen molar-refractivity contribution in [2.75, 3.05) is 6.61 Å². The van der Waals surface area contributed by atoms with Crippen molar-refractivity contribution >= 4 is 6.09 Å². The van der Waals surface area contributed by atoms with E-state index >= 15 is 0 Å². The average molecular weight is 283 g/mol. The van der Waals surface area contributed by atoms with E-state index in [1.165, 1.54) is 0 Å². The van der Waals surface area contributed by atoms with Crippen molar-refractivity contribution in [3.63, 3.8) is 0 Å². The smallest absolute Gasteiger partial charge is 0.407 e. The van der Waals surface area contributed by atoms with Crippen LogP contribution in [0.15, 0.2) is 11.6 Å². The Morgan fingerprint density at radius 2 is 1.90 bits per heavy atom. The van der Waals surface area contributed by atoms with Gasteiger partial charge in [0.15, 0.2) is 0 Å². The van der Waals surface area contributed by atoms with E-state index in [0.29, 0.717) is 5.92 Å². The second kappa shape index (κ2) is 7.67. The van der Waals surface area contributed by atoms with Gasteiger partial charge in [0.25, 0.3) is 0 Å². The molecule has 0 aliphatic heterocycles. The Kier molecular flexibility index (Phi) is 6.53. The lowest BCUT2D eigenvalue weighted by molar-refractivity contribution is 0.0487. The fraction of sp³-hybridized carbons (Fsp3) is 0.812. The summed E-state index contributed by atoms with van der Waals surface area (Å²) in [4.78, 5) is 11.7. The van der Waals surface area contributed by atoms with Gasteiger partial charge in [0.2, 0.25) is 0 Å². The Morgan fingerprint density at radius 3 is 2.40 bits per heavy atom. The van der Waals surface area contributed by atoms with Crippen LogP contribution in [0.4, 0.5) is 4.79 Å². The van der Waals surface area contributed by atoms with Gasteiger partial charge in [-0.2, -0.15) is 0 Å². The number of hydrogen-bond donors (Lipinski definition) is 2. The Morgan fingerprint density at radius 1 is 1.30 bits per heavy atom. The van der Waals surface area contributed by atoms with Gasteiger partial charge in [0.05, 0.1) is 6.61 Å². The Balaban J connectivity index is 2.27. The van der Waals surface area contributed by atoms with Gasteiger partial charge in [0, 0.05) is 6.04 Å². The van der Waals surface area contributed by atoms with Crippen LogP contribution in [0, 0.1) is 5.92 Å². The van der Waals surface area contributed by atoms with Crippen molar-refractivity contribution in [1.82, 2.24) is 5.32 Å². The molecule has 4 heteroatoms. The predicted octanol–water partition coefficient (Wildman–Crippen LogP) is 3.40. The van der Waals surface area contributed by atoms with Gasteiger partial charge in [-0.05, 0) is 65.7 Å². The normalized spacial score (nSPS) is 24.4. The zero-order valence-electron chi connectivity index (χ0n) is 13.2. The molecule has 0 bridgehead atoms. The molecule has 1 saturated carbocycles. The number of carbonyl (C=O) groups excluding carboxylic acids is 1. The lowest BCUT2D eigenvalue weighted by atomic mass is 9.84. The van der Waals surface area contributed by atoms with Crippen LogP contribution in [0.1, 0.15) is 59.8 Å². The number of hydrogen-bond acceptors (Lipinski definition) is 3. The molecule has 1 aliphatic carbocycles. The molecular weight excluding hydrogens is 254 g/mol. The van der Waals surface area contributed by atoms with Crippen LogP contribution in [0.5, 0.6) is 0 Å². The molecule has 1 rings (SSSR count). The lowest BCUT2D eigenvalue weighted by Crippen LogP contribution is -2.40. The molecule has 20 heavy (non-hydrogen) atoms. The summed E-state index contributed by atoms with van der Waals surface area (Å²) in [5, 5.41) is 11.9. The summed E-state index contributed by atoms with van der Waals surface area (Å²) < 4.78 is 5.27. The molecule has 0 saturated heterocycles. The molecule has 0 aromatic rings. The molecule has 1 fully saturated rings. The fourth-order valence-electron chi connectivity index (χ4n) is 2.45. The molecule has 116 valence electrons. The number of aliphatic hydroxyl groups excluding tert-OH is 1. The first kappa shape index (κ1) is 17.0. The number of rotatable bonds is 4. The third-order valence-electron chi connectivity index (χ3n) is 3.62. The summed E-state index contributed by atoms with van der Waals surface area (Å²) in [6.45, 7) is 7.73. The Hall–Kier alpha value is -1.03. The molecule has 2 N–H and O–H groups in total. The van der Waals surface area contributed by atoms with Gasteiger partial charge in [-0.15, -0.1) is 0 Å². The highest BCUT2D eigenvalue weighted by Gasteiger charge is 2.24. The van der Waals surface area contributed by atoms with Crippen molar-refractivity contribution in [3.8, 4) is 0 Å². The largest absolute Gasteiger partial charge is 0.444 e. The molecule has 4 nitrogen and oxygen atoms in total. The van der Waals surface area contributed by atoms with Gasteiger partial charge in [-0.25, -0.2) is 4.79 Å². The number of aliphatic hydroxyl groups is 1. The summed E-state index contributed by atoms with van der Waals surface area (Å²) in [6.07, 6.45) is 7.12. The summed E-state index contributed by atoms with van der Waals surface area (Å²) >= 11 is 0. The first-order chi connectivity index (χ1) is 9.30. The average Bonchev–Trinajstić information content (AvgIpc) is 2.35. The zero-order valence-corrected chi connectivity index (χ0v) is 13.2. The molecule has 1 amide bonds. The first-order valence-corrected chi connectivity index (χ1v) is 7.56. The number of carbonyl (C=O) groups is 1. The van der Waals surface area contributed by atoms with Crippen molar-refractivity contribution in [3.05, 3.63) is 11.6 Å². The van der Waals surface area contributed by atoms with E-state index in [1.54, 1.807) is 0 Å². The van der Waals surface area contributed by atoms with Crippen LogP contribution in [0.3, 0.4) is 0 Å². The molecule has 0 aromatic heterocycles. The minimum absolute atomic E-state index is 0.148.